The standard InChI is InChI=1S/C18H20N4O5/c23-15(13-2-1-7-26-13)20-6-5-18(10-20)11-21-14(9-27-18)19-22(8-12-3-4-12)17(25)16(21)24/h1-2,7,12H,3-6,8-11H2/t18-/m0/s1. The summed E-state index contributed by atoms with van der Waals surface area (Å²) >= 11 is 0. The van der Waals surface area contributed by atoms with Gasteiger partial charge in [0.15, 0.2) is 11.6 Å². The van der Waals surface area contributed by atoms with Crippen LogP contribution in [0.1, 0.15) is 35.6 Å². The molecule has 1 aliphatic carbocycles. The highest BCUT2D eigenvalue weighted by Crippen LogP contribution is 2.32. The second-order valence-electron chi connectivity index (χ2n) is 7.66. The lowest BCUT2D eigenvalue weighted by Crippen LogP contribution is -2.53. The molecular formula is C18H20N4O5. The van der Waals surface area contributed by atoms with E-state index in [0.29, 0.717) is 37.8 Å². The van der Waals surface area contributed by atoms with Gasteiger partial charge in [0, 0.05) is 13.1 Å². The third kappa shape index (κ3) is 2.82. The Morgan fingerprint density at radius 3 is 2.85 bits per heavy atom. The van der Waals surface area contributed by atoms with Crippen molar-refractivity contribution in [1.82, 2.24) is 19.2 Å². The van der Waals surface area contributed by atoms with Gasteiger partial charge < -0.3 is 14.1 Å². The van der Waals surface area contributed by atoms with Crippen molar-refractivity contribution in [3.8, 4) is 0 Å². The number of nitrogens with zero attached hydrogens (tertiary/aromatic N) is 4. The van der Waals surface area contributed by atoms with Crippen LogP contribution in [0.15, 0.2) is 32.4 Å². The first-order valence-electron chi connectivity index (χ1n) is 9.22. The summed E-state index contributed by atoms with van der Waals surface area (Å²) < 4.78 is 14.0. The van der Waals surface area contributed by atoms with Crippen LogP contribution in [0.4, 0.5) is 0 Å². The number of carbonyl (C=O) groups excluding carboxylic acids is 1. The maximum Gasteiger partial charge on any atom is 0.332 e. The monoisotopic (exact) mass is 372 g/mol. The minimum atomic E-state index is -0.671. The number of amides is 1. The number of hydrogen-bond acceptors (Lipinski definition) is 6. The van der Waals surface area contributed by atoms with Gasteiger partial charge in [0.25, 0.3) is 5.91 Å². The summed E-state index contributed by atoms with van der Waals surface area (Å²) in [6.45, 7) is 1.75. The third-order valence-corrected chi connectivity index (χ3v) is 5.63. The normalized spacial score (nSPS) is 24.4. The molecule has 9 heteroatoms. The van der Waals surface area contributed by atoms with E-state index in [4.69, 9.17) is 9.15 Å². The summed E-state index contributed by atoms with van der Waals surface area (Å²) in [7, 11) is 0. The lowest BCUT2D eigenvalue weighted by molar-refractivity contribution is -0.0843. The van der Waals surface area contributed by atoms with Gasteiger partial charge in [-0.2, -0.15) is 5.10 Å². The summed E-state index contributed by atoms with van der Waals surface area (Å²) in [6.07, 6.45) is 4.21. The van der Waals surface area contributed by atoms with Gasteiger partial charge in [0.05, 0.1) is 19.4 Å². The van der Waals surface area contributed by atoms with Crippen LogP contribution in [0.2, 0.25) is 0 Å². The molecule has 1 saturated heterocycles. The molecule has 2 fully saturated rings. The Morgan fingerprint density at radius 1 is 1.26 bits per heavy atom. The SMILES string of the molecule is O=C(c1ccco1)N1CC[C@]2(C1)Cn1c(nn(CC3CC3)c(=O)c1=O)CO2. The van der Waals surface area contributed by atoms with Crippen LogP contribution in [-0.4, -0.2) is 43.8 Å². The number of hydrogen-bond donors (Lipinski definition) is 0. The molecule has 142 valence electrons. The molecule has 1 saturated carbocycles. The van der Waals surface area contributed by atoms with E-state index in [1.54, 1.807) is 17.0 Å². The molecule has 3 aliphatic rings. The van der Waals surface area contributed by atoms with E-state index in [9.17, 15) is 14.4 Å². The predicted octanol–water partition coefficient (Wildman–Crippen LogP) is 0.223. The smallest absolute Gasteiger partial charge is 0.332 e. The number of fused-ring (bicyclic) bond motifs is 1. The average molecular weight is 372 g/mol. The van der Waals surface area contributed by atoms with E-state index >= 15 is 0 Å². The molecule has 9 nitrogen and oxygen atoms in total. The Balaban J connectivity index is 1.39. The molecule has 1 atom stereocenters. The van der Waals surface area contributed by atoms with E-state index in [-0.39, 0.29) is 24.8 Å². The zero-order chi connectivity index (χ0) is 18.6. The molecular weight excluding hydrogens is 352 g/mol. The van der Waals surface area contributed by atoms with E-state index in [1.807, 2.05) is 0 Å². The molecule has 1 amide bonds. The number of furan rings is 1. The van der Waals surface area contributed by atoms with Gasteiger partial charge in [-0.3, -0.25) is 19.0 Å². The van der Waals surface area contributed by atoms with Crippen molar-refractivity contribution in [2.75, 3.05) is 13.1 Å². The second-order valence-corrected chi connectivity index (χ2v) is 7.66. The Hall–Kier alpha value is -2.68. The number of aromatic nitrogens is 3. The molecule has 0 bridgehead atoms. The maximum absolute atomic E-state index is 12.6. The zero-order valence-electron chi connectivity index (χ0n) is 14.8. The topological polar surface area (TPSA) is 99.6 Å². The van der Waals surface area contributed by atoms with Gasteiger partial charge in [0.2, 0.25) is 0 Å². The molecule has 0 radical (unpaired) electrons. The number of carbonyl (C=O) groups is 1. The fourth-order valence-corrected chi connectivity index (χ4v) is 3.89. The third-order valence-electron chi connectivity index (χ3n) is 5.63. The van der Waals surface area contributed by atoms with Crippen molar-refractivity contribution in [3.63, 3.8) is 0 Å². The highest BCUT2D eigenvalue weighted by molar-refractivity contribution is 5.91. The predicted molar refractivity (Wildman–Crippen MR) is 92.2 cm³/mol. The van der Waals surface area contributed by atoms with Crippen LogP contribution in [-0.2, 0) is 24.4 Å². The Morgan fingerprint density at radius 2 is 2.11 bits per heavy atom. The van der Waals surface area contributed by atoms with Crippen LogP contribution >= 0.6 is 0 Å². The lowest BCUT2D eigenvalue weighted by atomic mass is 10.0. The van der Waals surface area contributed by atoms with Crippen LogP contribution in [0.25, 0.3) is 0 Å². The first-order chi connectivity index (χ1) is 13.0. The highest BCUT2D eigenvalue weighted by Gasteiger charge is 2.45. The van der Waals surface area contributed by atoms with Crippen molar-refractivity contribution in [1.29, 1.82) is 0 Å². The van der Waals surface area contributed by atoms with E-state index in [0.717, 1.165) is 12.8 Å². The molecule has 4 heterocycles. The largest absolute Gasteiger partial charge is 0.459 e. The molecule has 1 spiro atoms. The summed E-state index contributed by atoms with van der Waals surface area (Å²) in [6, 6.07) is 3.30. The van der Waals surface area contributed by atoms with Crippen molar-refractivity contribution in [2.45, 2.75) is 44.6 Å². The fourth-order valence-electron chi connectivity index (χ4n) is 3.89. The van der Waals surface area contributed by atoms with E-state index in [2.05, 4.69) is 5.10 Å². The Bertz CT molecular complexity index is 1000. The van der Waals surface area contributed by atoms with Gasteiger partial charge in [0.1, 0.15) is 12.2 Å². The second kappa shape index (κ2) is 5.91. The number of ether oxygens (including phenoxy) is 1. The van der Waals surface area contributed by atoms with Gasteiger partial charge in [-0.1, -0.05) is 0 Å². The summed E-state index contributed by atoms with van der Waals surface area (Å²) in [5.74, 6) is 1.01. The minimum absolute atomic E-state index is 0.156. The summed E-state index contributed by atoms with van der Waals surface area (Å²) in [4.78, 5) is 39.2. The zero-order valence-corrected chi connectivity index (χ0v) is 14.8. The van der Waals surface area contributed by atoms with Crippen LogP contribution in [0.3, 0.4) is 0 Å². The molecule has 0 aromatic carbocycles. The first-order valence-corrected chi connectivity index (χ1v) is 9.22. The van der Waals surface area contributed by atoms with Gasteiger partial charge >= 0.3 is 11.1 Å². The molecule has 0 unspecified atom stereocenters. The Labute approximate surface area is 154 Å². The molecule has 2 aromatic heterocycles. The molecule has 5 rings (SSSR count). The van der Waals surface area contributed by atoms with Crippen molar-refractivity contribution in [3.05, 3.63) is 50.7 Å². The quantitative estimate of drug-likeness (QED) is 0.715. The summed E-state index contributed by atoms with van der Waals surface area (Å²) in [5.41, 5.74) is -1.81. The van der Waals surface area contributed by atoms with Gasteiger partial charge in [-0.05, 0) is 37.3 Å². The molecule has 27 heavy (non-hydrogen) atoms. The first kappa shape index (κ1) is 16.5. The Kier molecular flexibility index (Phi) is 3.61. The number of likely N-dealkylation sites (tertiary alicyclic amines) is 1. The maximum atomic E-state index is 12.6. The van der Waals surface area contributed by atoms with Crippen LogP contribution < -0.4 is 11.1 Å². The van der Waals surface area contributed by atoms with Crippen molar-refractivity contribution in [2.24, 2.45) is 5.92 Å². The van der Waals surface area contributed by atoms with Crippen LogP contribution in [0, 0.1) is 5.92 Å². The summed E-state index contributed by atoms with van der Waals surface area (Å²) in [5, 5.41) is 4.35. The molecule has 2 aliphatic heterocycles. The average Bonchev–Trinajstić information content (AvgIpc) is 3.16. The molecule has 2 aromatic rings. The van der Waals surface area contributed by atoms with Gasteiger partial charge in [-0.15, -0.1) is 0 Å². The molecule has 0 N–H and O–H groups in total. The van der Waals surface area contributed by atoms with Crippen molar-refractivity contribution < 1.29 is 13.9 Å². The van der Waals surface area contributed by atoms with Crippen LogP contribution in [0.5, 0.6) is 0 Å². The number of rotatable bonds is 3. The van der Waals surface area contributed by atoms with E-state index in [1.165, 1.54) is 15.5 Å². The van der Waals surface area contributed by atoms with E-state index < -0.39 is 16.7 Å². The lowest BCUT2D eigenvalue weighted by Gasteiger charge is -2.35. The minimum Gasteiger partial charge on any atom is -0.459 e. The highest BCUT2D eigenvalue weighted by atomic mass is 16.5. The van der Waals surface area contributed by atoms with Crippen molar-refractivity contribution >= 4 is 5.91 Å². The van der Waals surface area contributed by atoms with Gasteiger partial charge in [-0.25, -0.2) is 4.68 Å². The fraction of sp³-hybridized carbons (Fsp3) is 0.556.